The lowest BCUT2D eigenvalue weighted by atomic mass is 9.65. The van der Waals surface area contributed by atoms with Crippen molar-refractivity contribution in [2.75, 3.05) is 0 Å². The number of esters is 2. The van der Waals surface area contributed by atoms with E-state index in [1.54, 1.807) is 0 Å². The standard InChI is InChI=1S/C14H14O3/c15-13-11-7-4-8(12(11)14(16)17-13)10-6-2-1-5(3-6)9(7)10/h1-2,5-12H,3-4H2/t5-,6-,7+,8+,9+,10+,11-,12-/m1/s1. The summed E-state index contributed by atoms with van der Waals surface area (Å²) in [6, 6.07) is 0. The maximum Gasteiger partial charge on any atom is 0.317 e. The molecule has 3 nitrogen and oxygen atoms in total. The predicted molar refractivity (Wildman–Crippen MR) is 57.4 cm³/mol. The molecule has 4 bridgehead atoms. The largest absolute Gasteiger partial charge is 0.393 e. The van der Waals surface area contributed by atoms with Gasteiger partial charge in [0.1, 0.15) is 0 Å². The van der Waals surface area contributed by atoms with Crippen LogP contribution in [0.15, 0.2) is 12.2 Å². The van der Waals surface area contributed by atoms with Crippen LogP contribution >= 0.6 is 0 Å². The maximum absolute atomic E-state index is 11.8. The molecule has 0 spiro atoms. The molecule has 0 radical (unpaired) electrons. The van der Waals surface area contributed by atoms with Crippen LogP contribution in [0, 0.1) is 47.3 Å². The normalized spacial score (nSPS) is 60.9. The molecule has 1 aliphatic heterocycles. The highest BCUT2D eigenvalue weighted by molar-refractivity contribution is 5.97. The fourth-order valence-corrected chi connectivity index (χ4v) is 5.92. The second kappa shape index (κ2) is 2.50. The third kappa shape index (κ3) is 0.791. The highest BCUT2D eigenvalue weighted by Gasteiger charge is 2.70. The Labute approximate surface area is 99.2 Å². The lowest BCUT2D eigenvalue weighted by molar-refractivity contribution is -0.154. The molecular formula is C14H14O3. The fourth-order valence-electron chi connectivity index (χ4n) is 5.92. The van der Waals surface area contributed by atoms with Gasteiger partial charge in [0.2, 0.25) is 0 Å². The van der Waals surface area contributed by atoms with Crippen LogP contribution in [0.5, 0.6) is 0 Å². The van der Waals surface area contributed by atoms with Crippen molar-refractivity contribution in [1.82, 2.24) is 0 Å². The van der Waals surface area contributed by atoms with Crippen LogP contribution < -0.4 is 0 Å². The minimum atomic E-state index is -0.224. The van der Waals surface area contributed by atoms with Gasteiger partial charge in [0.25, 0.3) is 0 Å². The summed E-state index contributed by atoms with van der Waals surface area (Å²) in [5.41, 5.74) is 0. The van der Waals surface area contributed by atoms with Crippen molar-refractivity contribution in [3.63, 3.8) is 0 Å². The first kappa shape index (κ1) is 8.90. The van der Waals surface area contributed by atoms with E-state index in [2.05, 4.69) is 12.2 Å². The Morgan fingerprint density at radius 3 is 1.94 bits per heavy atom. The minimum Gasteiger partial charge on any atom is -0.393 e. The molecule has 5 rings (SSSR count). The Hall–Kier alpha value is -1.12. The Kier molecular flexibility index (Phi) is 1.31. The van der Waals surface area contributed by atoms with E-state index in [-0.39, 0.29) is 23.8 Å². The number of carbonyl (C=O) groups is 2. The van der Waals surface area contributed by atoms with E-state index < -0.39 is 0 Å². The smallest absolute Gasteiger partial charge is 0.317 e. The molecule has 0 N–H and O–H groups in total. The minimum absolute atomic E-state index is 0.0819. The van der Waals surface area contributed by atoms with Crippen LogP contribution in [-0.2, 0) is 14.3 Å². The summed E-state index contributed by atoms with van der Waals surface area (Å²) in [5, 5.41) is 0. The van der Waals surface area contributed by atoms with Gasteiger partial charge in [-0.1, -0.05) is 12.2 Å². The number of fused-ring (bicyclic) bond motifs is 12. The zero-order chi connectivity index (χ0) is 11.3. The van der Waals surface area contributed by atoms with E-state index >= 15 is 0 Å². The number of allylic oxidation sites excluding steroid dienone is 2. The molecule has 1 heterocycles. The zero-order valence-corrected chi connectivity index (χ0v) is 9.41. The first-order valence-corrected chi connectivity index (χ1v) is 6.69. The molecule has 0 aromatic rings. The highest BCUT2D eigenvalue weighted by atomic mass is 16.6. The first-order valence-electron chi connectivity index (χ1n) is 6.69. The van der Waals surface area contributed by atoms with Crippen LogP contribution in [0.25, 0.3) is 0 Å². The second-order valence-electron chi connectivity index (χ2n) is 6.46. The Bertz CT molecular complexity index is 440. The van der Waals surface area contributed by atoms with Crippen LogP contribution in [0.1, 0.15) is 12.8 Å². The molecule has 3 heteroatoms. The summed E-state index contributed by atoms with van der Waals surface area (Å²) in [6.45, 7) is 0. The van der Waals surface area contributed by atoms with E-state index in [0.29, 0.717) is 35.5 Å². The zero-order valence-electron chi connectivity index (χ0n) is 9.41. The van der Waals surface area contributed by atoms with Gasteiger partial charge in [0.05, 0.1) is 11.8 Å². The van der Waals surface area contributed by atoms with E-state index in [9.17, 15) is 9.59 Å². The third-order valence-corrected chi connectivity index (χ3v) is 6.17. The monoisotopic (exact) mass is 230 g/mol. The molecule has 4 fully saturated rings. The average molecular weight is 230 g/mol. The van der Waals surface area contributed by atoms with Crippen LogP contribution in [0.2, 0.25) is 0 Å². The number of carbonyl (C=O) groups excluding carboxylic acids is 2. The summed E-state index contributed by atoms with van der Waals surface area (Å²) in [4.78, 5) is 23.6. The number of cyclic esters (lactones) is 2. The van der Waals surface area contributed by atoms with Crippen molar-refractivity contribution in [1.29, 1.82) is 0 Å². The van der Waals surface area contributed by atoms with Gasteiger partial charge >= 0.3 is 11.9 Å². The van der Waals surface area contributed by atoms with Gasteiger partial charge in [-0.2, -0.15) is 0 Å². The predicted octanol–water partition coefficient (Wildman–Crippen LogP) is 1.39. The van der Waals surface area contributed by atoms with Crippen molar-refractivity contribution in [3.8, 4) is 0 Å². The van der Waals surface area contributed by atoms with Gasteiger partial charge in [-0.15, -0.1) is 0 Å². The molecule has 4 aliphatic carbocycles. The topological polar surface area (TPSA) is 43.4 Å². The summed E-state index contributed by atoms with van der Waals surface area (Å²) in [6.07, 6.45) is 7.07. The second-order valence-corrected chi connectivity index (χ2v) is 6.46. The number of rotatable bonds is 0. The molecule has 3 saturated carbocycles. The molecule has 0 unspecified atom stereocenters. The quantitative estimate of drug-likeness (QED) is 0.273. The third-order valence-electron chi connectivity index (χ3n) is 6.17. The van der Waals surface area contributed by atoms with Crippen LogP contribution in [0.3, 0.4) is 0 Å². The average Bonchev–Trinajstić information content (AvgIpc) is 3.03. The maximum atomic E-state index is 11.8. The molecule has 8 atom stereocenters. The number of hydrogen-bond acceptors (Lipinski definition) is 3. The Morgan fingerprint density at radius 2 is 1.41 bits per heavy atom. The van der Waals surface area contributed by atoms with E-state index in [1.807, 2.05) is 0 Å². The lowest BCUT2D eigenvalue weighted by Crippen LogP contribution is -2.38. The summed E-state index contributed by atoms with van der Waals surface area (Å²) < 4.78 is 4.87. The highest BCUT2D eigenvalue weighted by Crippen LogP contribution is 2.69. The molecule has 88 valence electrons. The number of ether oxygens (including phenoxy) is 1. The van der Waals surface area contributed by atoms with Crippen molar-refractivity contribution >= 4 is 11.9 Å². The van der Waals surface area contributed by atoms with Crippen LogP contribution in [-0.4, -0.2) is 11.9 Å². The van der Waals surface area contributed by atoms with Crippen molar-refractivity contribution < 1.29 is 14.3 Å². The van der Waals surface area contributed by atoms with Crippen molar-refractivity contribution in [3.05, 3.63) is 12.2 Å². The SMILES string of the molecule is O=C1OC(=O)[C@@H]2[C@H]3C[C@H]([C@@H]12)[C@H]1[C@H]3[C@@H]2C=C[C@@H]1C2. The van der Waals surface area contributed by atoms with E-state index in [4.69, 9.17) is 4.74 Å². The van der Waals surface area contributed by atoms with E-state index in [1.165, 1.54) is 6.42 Å². The fraction of sp³-hybridized carbons (Fsp3) is 0.714. The van der Waals surface area contributed by atoms with Gasteiger partial charge in [-0.3, -0.25) is 9.59 Å². The molecular weight excluding hydrogens is 216 g/mol. The van der Waals surface area contributed by atoms with Gasteiger partial charge < -0.3 is 4.74 Å². The van der Waals surface area contributed by atoms with Gasteiger partial charge in [-0.05, 0) is 48.3 Å². The Balaban J connectivity index is 1.64. The summed E-state index contributed by atoms with van der Waals surface area (Å²) in [7, 11) is 0. The molecule has 0 amide bonds. The molecule has 1 saturated heterocycles. The van der Waals surface area contributed by atoms with Gasteiger partial charge in [-0.25, -0.2) is 0 Å². The van der Waals surface area contributed by atoms with Crippen LogP contribution in [0.4, 0.5) is 0 Å². The molecule has 17 heavy (non-hydrogen) atoms. The molecule has 0 aromatic heterocycles. The van der Waals surface area contributed by atoms with Crippen molar-refractivity contribution in [2.24, 2.45) is 47.3 Å². The van der Waals surface area contributed by atoms with Gasteiger partial charge in [0.15, 0.2) is 0 Å². The first-order chi connectivity index (χ1) is 8.25. The summed E-state index contributed by atoms with van der Waals surface area (Å²) in [5.74, 6) is 2.99. The van der Waals surface area contributed by atoms with E-state index in [0.717, 1.165) is 6.42 Å². The molecule has 0 aromatic carbocycles. The Morgan fingerprint density at radius 1 is 0.882 bits per heavy atom. The molecule has 5 aliphatic rings. The number of hydrogen-bond donors (Lipinski definition) is 0. The lowest BCUT2D eigenvalue weighted by Gasteiger charge is -2.35. The van der Waals surface area contributed by atoms with Gasteiger partial charge in [0, 0.05) is 0 Å². The summed E-state index contributed by atoms with van der Waals surface area (Å²) >= 11 is 0. The van der Waals surface area contributed by atoms with Crippen molar-refractivity contribution in [2.45, 2.75) is 12.8 Å².